The molecule has 1 aliphatic rings. The molecule has 0 radical (unpaired) electrons. The van der Waals surface area contributed by atoms with Crippen molar-refractivity contribution in [2.45, 2.75) is 36.7 Å². The Morgan fingerprint density at radius 3 is 2.64 bits per heavy atom. The Morgan fingerprint density at radius 2 is 2.14 bits per heavy atom. The van der Waals surface area contributed by atoms with Crippen molar-refractivity contribution in [1.29, 1.82) is 0 Å². The summed E-state index contributed by atoms with van der Waals surface area (Å²) in [5.74, 6) is -2.38. The number of carbonyl (C=O) groups is 1. The van der Waals surface area contributed by atoms with Gasteiger partial charge in [0.2, 0.25) is 10.0 Å². The monoisotopic (exact) mass is 330 g/mol. The standard InChI is InChI=1S/C14H19FN2O4S/c1-9(17(2)11-4-5-11)8-16-22(20,21)13-6-3-10(14(18)19)7-12(13)15/h3,6-7,9,11,16H,4-5,8H2,1-2H3,(H,18,19). The van der Waals surface area contributed by atoms with Gasteiger partial charge in [-0.15, -0.1) is 0 Å². The lowest BCUT2D eigenvalue weighted by Gasteiger charge is -2.24. The zero-order chi connectivity index (χ0) is 16.5. The maximum atomic E-state index is 13.8. The van der Waals surface area contributed by atoms with E-state index < -0.39 is 26.7 Å². The van der Waals surface area contributed by atoms with Crippen molar-refractivity contribution in [3.8, 4) is 0 Å². The molecule has 1 unspecified atom stereocenters. The van der Waals surface area contributed by atoms with Crippen LogP contribution in [0.3, 0.4) is 0 Å². The number of sulfonamides is 1. The van der Waals surface area contributed by atoms with E-state index in [0.29, 0.717) is 12.1 Å². The first kappa shape index (κ1) is 16.9. The second kappa shape index (κ2) is 6.31. The second-order valence-electron chi connectivity index (χ2n) is 5.55. The predicted molar refractivity (Wildman–Crippen MR) is 78.8 cm³/mol. The minimum atomic E-state index is -4.01. The van der Waals surface area contributed by atoms with E-state index in [1.165, 1.54) is 0 Å². The summed E-state index contributed by atoms with van der Waals surface area (Å²) in [6.07, 6.45) is 2.22. The van der Waals surface area contributed by atoms with Gasteiger partial charge in [0.05, 0.1) is 5.56 Å². The highest BCUT2D eigenvalue weighted by Crippen LogP contribution is 2.26. The molecule has 8 heteroatoms. The molecule has 122 valence electrons. The lowest BCUT2D eigenvalue weighted by Crippen LogP contribution is -2.41. The highest BCUT2D eigenvalue weighted by molar-refractivity contribution is 7.89. The number of likely N-dealkylation sites (N-methyl/N-ethyl adjacent to an activating group) is 1. The number of rotatable bonds is 7. The van der Waals surface area contributed by atoms with Crippen LogP contribution in [0.5, 0.6) is 0 Å². The zero-order valence-electron chi connectivity index (χ0n) is 12.4. The van der Waals surface area contributed by atoms with Gasteiger partial charge in [0, 0.05) is 18.6 Å². The minimum Gasteiger partial charge on any atom is -0.478 e. The van der Waals surface area contributed by atoms with Crippen LogP contribution in [0, 0.1) is 5.82 Å². The first-order valence-electron chi connectivity index (χ1n) is 6.97. The highest BCUT2D eigenvalue weighted by atomic mass is 32.2. The number of hydrogen-bond acceptors (Lipinski definition) is 4. The Bertz CT molecular complexity index is 673. The third kappa shape index (κ3) is 3.82. The first-order valence-corrected chi connectivity index (χ1v) is 8.45. The van der Waals surface area contributed by atoms with Crippen molar-refractivity contribution in [2.24, 2.45) is 0 Å². The summed E-state index contributed by atoms with van der Waals surface area (Å²) in [6.45, 7) is 2.06. The number of benzene rings is 1. The van der Waals surface area contributed by atoms with Crippen LogP contribution >= 0.6 is 0 Å². The van der Waals surface area contributed by atoms with Crippen LogP contribution in [0.25, 0.3) is 0 Å². The van der Waals surface area contributed by atoms with Crippen LogP contribution in [0.1, 0.15) is 30.1 Å². The van der Waals surface area contributed by atoms with Gasteiger partial charge < -0.3 is 5.11 Å². The Morgan fingerprint density at radius 1 is 1.50 bits per heavy atom. The molecular weight excluding hydrogens is 311 g/mol. The Balaban J connectivity index is 2.08. The highest BCUT2D eigenvalue weighted by Gasteiger charge is 2.30. The molecule has 6 nitrogen and oxygen atoms in total. The van der Waals surface area contributed by atoms with E-state index in [1.807, 2.05) is 14.0 Å². The Kier molecular flexibility index (Phi) is 4.84. The van der Waals surface area contributed by atoms with Crippen molar-refractivity contribution in [2.75, 3.05) is 13.6 Å². The van der Waals surface area contributed by atoms with Gasteiger partial charge in [0.15, 0.2) is 0 Å². The topological polar surface area (TPSA) is 86.7 Å². The Labute approximate surface area is 129 Å². The van der Waals surface area contributed by atoms with Gasteiger partial charge in [0.25, 0.3) is 0 Å². The summed E-state index contributed by atoms with van der Waals surface area (Å²) in [5.41, 5.74) is -0.293. The molecule has 1 aromatic carbocycles. The quantitative estimate of drug-likeness (QED) is 0.786. The SMILES string of the molecule is CC(CNS(=O)(=O)c1ccc(C(=O)O)cc1F)N(C)C1CC1. The normalized spacial score (nSPS) is 16.7. The molecule has 22 heavy (non-hydrogen) atoms. The van der Waals surface area contributed by atoms with Gasteiger partial charge >= 0.3 is 5.97 Å². The maximum Gasteiger partial charge on any atom is 0.335 e. The molecule has 0 aromatic heterocycles. The number of carboxylic acid groups (broad SMARTS) is 1. The molecule has 1 aromatic rings. The van der Waals surface area contributed by atoms with Crippen LogP contribution < -0.4 is 4.72 Å². The molecule has 2 N–H and O–H groups in total. The van der Waals surface area contributed by atoms with Crippen molar-refractivity contribution in [3.05, 3.63) is 29.6 Å². The lowest BCUT2D eigenvalue weighted by molar-refractivity contribution is 0.0696. The predicted octanol–water partition coefficient (Wildman–Crippen LogP) is 1.28. The summed E-state index contributed by atoms with van der Waals surface area (Å²) in [6, 6.07) is 3.22. The number of hydrogen-bond donors (Lipinski definition) is 2. The van der Waals surface area contributed by atoms with E-state index in [2.05, 4.69) is 9.62 Å². The molecule has 1 fully saturated rings. The zero-order valence-corrected chi connectivity index (χ0v) is 13.2. The van der Waals surface area contributed by atoms with Crippen LogP contribution in [-0.2, 0) is 10.0 Å². The molecular formula is C14H19FN2O4S. The van der Waals surface area contributed by atoms with Crippen molar-refractivity contribution in [3.63, 3.8) is 0 Å². The van der Waals surface area contributed by atoms with E-state index in [1.54, 1.807) is 0 Å². The molecule has 0 amide bonds. The van der Waals surface area contributed by atoms with Gasteiger partial charge in [-0.1, -0.05) is 0 Å². The number of nitrogens with zero attached hydrogens (tertiary/aromatic N) is 1. The van der Waals surface area contributed by atoms with Crippen LogP contribution in [0.15, 0.2) is 23.1 Å². The molecule has 0 spiro atoms. The number of aromatic carboxylic acids is 1. The fourth-order valence-corrected chi connectivity index (χ4v) is 3.32. The summed E-state index contributed by atoms with van der Waals surface area (Å²) < 4.78 is 40.5. The molecule has 0 saturated heterocycles. The summed E-state index contributed by atoms with van der Waals surface area (Å²) >= 11 is 0. The maximum absolute atomic E-state index is 13.8. The third-order valence-electron chi connectivity index (χ3n) is 3.86. The Hall–Kier alpha value is -1.51. The lowest BCUT2D eigenvalue weighted by atomic mass is 10.2. The van der Waals surface area contributed by atoms with Crippen molar-refractivity contribution in [1.82, 2.24) is 9.62 Å². The summed E-state index contributed by atoms with van der Waals surface area (Å²) in [4.78, 5) is 12.3. The van der Waals surface area contributed by atoms with E-state index >= 15 is 0 Å². The van der Waals surface area contributed by atoms with Gasteiger partial charge in [-0.25, -0.2) is 22.3 Å². The smallest absolute Gasteiger partial charge is 0.335 e. The second-order valence-corrected chi connectivity index (χ2v) is 7.28. The van der Waals surface area contributed by atoms with Crippen LogP contribution in [-0.4, -0.2) is 50.1 Å². The first-order chi connectivity index (χ1) is 10.2. The number of carboxylic acids is 1. The average molecular weight is 330 g/mol. The molecule has 0 aliphatic heterocycles. The number of halogens is 1. The van der Waals surface area contributed by atoms with E-state index in [-0.39, 0.29) is 18.2 Å². The summed E-state index contributed by atoms with van der Waals surface area (Å²) in [7, 11) is -2.08. The molecule has 1 atom stereocenters. The van der Waals surface area contributed by atoms with E-state index in [0.717, 1.165) is 25.0 Å². The third-order valence-corrected chi connectivity index (χ3v) is 5.31. The van der Waals surface area contributed by atoms with Gasteiger partial charge in [-0.2, -0.15) is 0 Å². The van der Waals surface area contributed by atoms with Crippen molar-refractivity contribution >= 4 is 16.0 Å². The fourth-order valence-electron chi connectivity index (χ4n) is 2.15. The molecule has 1 aliphatic carbocycles. The summed E-state index contributed by atoms with van der Waals surface area (Å²) in [5, 5.41) is 8.76. The largest absolute Gasteiger partial charge is 0.478 e. The van der Waals surface area contributed by atoms with Crippen LogP contribution in [0.4, 0.5) is 4.39 Å². The molecule has 0 heterocycles. The average Bonchev–Trinajstić information content (AvgIpc) is 3.28. The molecule has 2 rings (SSSR count). The molecule has 0 bridgehead atoms. The fraction of sp³-hybridized carbons (Fsp3) is 0.500. The number of nitrogens with one attached hydrogen (secondary N) is 1. The van der Waals surface area contributed by atoms with Gasteiger partial charge in [-0.05, 0) is 45.0 Å². The van der Waals surface area contributed by atoms with Crippen molar-refractivity contribution < 1.29 is 22.7 Å². The molecule has 1 saturated carbocycles. The minimum absolute atomic E-state index is 0.0105. The van der Waals surface area contributed by atoms with Gasteiger partial charge in [0.1, 0.15) is 10.7 Å². The van der Waals surface area contributed by atoms with Crippen LogP contribution in [0.2, 0.25) is 0 Å². The van der Waals surface area contributed by atoms with E-state index in [4.69, 9.17) is 5.11 Å². The van der Waals surface area contributed by atoms with Gasteiger partial charge in [-0.3, -0.25) is 4.90 Å². The van der Waals surface area contributed by atoms with E-state index in [9.17, 15) is 17.6 Å².